The van der Waals surface area contributed by atoms with Gasteiger partial charge in [0.2, 0.25) is 5.69 Å². The molecule has 0 unspecified atom stereocenters. The summed E-state index contributed by atoms with van der Waals surface area (Å²) in [5.74, 6) is 0.468. The summed E-state index contributed by atoms with van der Waals surface area (Å²) in [5.41, 5.74) is 6.05. The first-order valence-electron chi connectivity index (χ1n) is 20.9. The maximum atomic E-state index is 14.6. The maximum absolute atomic E-state index is 14.6. The molecule has 2 heterocycles. The van der Waals surface area contributed by atoms with Gasteiger partial charge in [-0.2, -0.15) is 4.58 Å². The largest absolute Gasteiger partial charge is 0.478 e. The number of allylic oxidation sites excluding steroid dienone is 5. The van der Waals surface area contributed by atoms with Crippen molar-refractivity contribution in [1.29, 1.82) is 5.41 Å². The lowest BCUT2D eigenvalue weighted by Crippen LogP contribution is -2.33. The number of unbranched alkanes of at least 4 members (excludes halogenated alkanes) is 10. The first-order chi connectivity index (χ1) is 26.8. The zero-order chi connectivity index (χ0) is 40.6. The monoisotopic (exact) mass is 760 g/mol. The molecule has 2 N–H and O–H groups in total. The van der Waals surface area contributed by atoms with E-state index < -0.39 is 22.8 Å². The zero-order valence-electron chi connectivity index (χ0n) is 34.8. The molecule has 2 aromatic rings. The molecule has 0 aromatic heterocycles. The van der Waals surface area contributed by atoms with Crippen LogP contribution in [0.4, 0.5) is 11.4 Å². The minimum atomic E-state index is -0.993. The number of rotatable bonds is 20. The second-order valence-corrected chi connectivity index (χ2v) is 16.5. The highest BCUT2D eigenvalue weighted by Gasteiger charge is 2.48. The van der Waals surface area contributed by atoms with Crippen LogP contribution in [0.25, 0.3) is 0 Å². The van der Waals surface area contributed by atoms with Crippen molar-refractivity contribution in [2.24, 2.45) is 0 Å². The Labute approximate surface area is 334 Å². The molecule has 0 atom stereocenters. The minimum Gasteiger partial charge on any atom is -0.478 e. The van der Waals surface area contributed by atoms with E-state index in [1.165, 1.54) is 50.5 Å². The summed E-state index contributed by atoms with van der Waals surface area (Å²) < 4.78 is 7.77. The lowest BCUT2D eigenvalue weighted by molar-refractivity contribution is -0.438. The molecule has 0 radical (unpaired) electrons. The van der Waals surface area contributed by atoms with E-state index in [0.29, 0.717) is 23.3 Å². The van der Waals surface area contributed by atoms with Crippen molar-refractivity contribution in [1.82, 2.24) is 0 Å². The first-order valence-corrected chi connectivity index (χ1v) is 20.9. The van der Waals surface area contributed by atoms with Crippen LogP contribution in [0, 0.1) is 5.41 Å². The third kappa shape index (κ3) is 8.46. The normalized spacial score (nSPS) is 18.0. The van der Waals surface area contributed by atoms with E-state index in [0.717, 1.165) is 67.0 Å². The van der Waals surface area contributed by atoms with Crippen molar-refractivity contribution < 1.29 is 28.8 Å². The van der Waals surface area contributed by atoms with Gasteiger partial charge >= 0.3 is 11.9 Å². The smallest absolute Gasteiger partial charge is 0.348 e. The number of carboxylic acid groups (broad SMARTS) is 1. The number of para-hydroxylation sites is 1. The Hall–Kier alpha value is -4.81. The standard InChI is InChI=1S/C48H61N3O5/c1-8-11-13-15-17-21-27-50-39-24-20-19-23-37(39)47(4,5)41(50)30-34-43(36(32-49)46(55)56-10-3)35(44(34)52)31-42-48(6,7)38-29-33(45(53)54)25-26-40(38)51(42)28-22-18-16-14-12-9-2/h19-20,23-26,29-31,49H,8-18,21-22,27-28H2,1-7H3/p+1. The van der Waals surface area contributed by atoms with Crippen LogP contribution in [-0.2, 0) is 25.2 Å². The Morgan fingerprint density at radius 1 is 0.839 bits per heavy atom. The fraction of sp³-hybridized carbons (Fsp3) is 0.500. The number of aromatic carboxylic acids is 1. The molecule has 0 bridgehead atoms. The second-order valence-electron chi connectivity index (χ2n) is 16.5. The molecular weight excluding hydrogens is 699 g/mol. The predicted octanol–water partition coefficient (Wildman–Crippen LogP) is 10.7. The van der Waals surface area contributed by atoms with Crippen molar-refractivity contribution in [2.45, 2.75) is 136 Å². The highest BCUT2D eigenvalue weighted by atomic mass is 16.5. The molecule has 2 aliphatic heterocycles. The van der Waals surface area contributed by atoms with Gasteiger partial charge in [-0.1, -0.05) is 104 Å². The highest BCUT2D eigenvalue weighted by molar-refractivity contribution is 6.29. The molecule has 1 aliphatic carbocycles. The number of carboxylic acids is 1. The third-order valence-corrected chi connectivity index (χ3v) is 11.9. The molecule has 0 saturated carbocycles. The molecule has 0 saturated heterocycles. The van der Waals surface area contributed by atoms with Gasteiger partial charge in [0, 0.05) is 64.2 Å². The number of benzene rings is 2. The van der Waals surface area contributed by atoms with Crippen LogP contribution in [0.15, 0.2) is 82.6 Å². The van der Waals surface area contributed by atoms with Crippen LogP contribution < -0.4 is 4.90 Å². The minimum absolute atomic E-state index is 0.0788. The highest BCUT2D eigenvalue weighted by Crippen LogP contribution is 2.50. The Morgan fingerprint density at radius 2 is 1.48 bits per heavy atom. The van der Waals surface area contributed by atoms with Crippen LogP contribution in [0.1, 0.15) is 147 Å². The van der Waals surface area contributed by atoms with Gasteiger partial charge in [0.05, 0.1) is 17.6 Å². The van der Waals surface area contributed by atoms with Crippen molar-refractivity contribution >= 4 is 40.7 Å². The molecule has 0 fully saturated rings. The molecule has 0 spiro atoms. The fourth-order valence-corrected chi connectivity index (χ4v) is 8.64. The third-order valence-electron chi connectivity index (χ3n) is 11.9. The SMILES string of the molecule is CCCCCCCCN1/C(=C/C2=C(C(=C=N)C(=O)OCC)C(=C/C3=[N+](CCCCCCCC)c4ccccc4C3(C)C)/C2=O)C(C)(C)c2cc(C(=O)O)ccc21. The van der Waals surface area contributed by atoms with E-state index in [1.54, 1.807) is 19.1 Å². The maximum Gasteiger partial charge on any atom is 0.348 e. The number of Topliss-reactive ketones (excluding diaryl/α,β-unsaturated/α-hetero) is 1. The number of nitrogens with zero attached hydrogens (tertiary/aromatic N) is 2. The molecule has 8 heteroatoms. The Balaban J connectivity index is 1.65. The quantitative estimate of drug-likeness (QED) is 0.0457. The Kier molecular flexibility index (Phi) is 13.9. The zero-order valence-corrected chi connectivity index (χ0v) is 34.8. The van der Waals surface area contributed by atoms with Crippen LogP contribution in [0.5, 0.6) is 0 Å². The molecule has 2 aromatic carbocycles. The van der Waals surface area contributed by atoms with Crippen molar-refractivity contribution in [3.8, 4) is 0 Å². The summed E-state index contributed by atoms with van der Waals surface area (Å²) in [7, 11) is 0. The Morgan fingerprint density at radius 3 is 2.12 bits per heavy atom. The summed E-state index contributed by atoms with van der Waals surface area (Å²) in [4.78, 5) is 42.4. The van der Waals surface area contributed by atoms with Crippen molar-refractivity contribution in [2.75, 3.05) is 24.6 Å². The number of fused-ring (bicyclic) bond motifs is 2. The van der Waals surface area contributed by atoms with E-state index in [4.69, 9.17) is 10.1 Å². The summed E-state index contributed by atoms with van der Waals surface area (Å²) in [6, 6.07) is 13.7. The molecule has 0 amide bonds. The average molecular weight is 761 g/mol. The van der Waals surface area contributed by atoms with Crippen LogP contribution in [-0.4, -0.2) is 58.7 Å². The van der Waals surface area contributed by atoms with E-state index in [9.17, 15) is 19.5 Å². The topological polar surface area (TPSA) is 111 Å². The average Bonchev–Trinajstić information content (AvgIpc) is 3.52. The van der Waals surface area contributed by atoms with Crippen molar-refractivity contribution in [3.63, 3.8) is 0 Å². The predicted molar refractivity (Wildman–Crippen MR) is 226 cm³/mol. The number of hydrogen-bond donors (Lipinski definition) is 2. The number of ether oxygens (including phenoxy) is 1. The molecular formula is C48H62N3O5+. The number of anilines is 1. The van der Waals surface area contributed by atoms with Crippen LogP contribution in [0.3, 0.4) is 0 Å². The summed E-state index contributed by atoms with van der Waals surface area (Å²) >= 11 is 0. The molecule has 3 aliphatic rings. The number of carbonyl (C=O) groups excluding carboxylic acids is 2. The second kappa shape index (κ2) is 18.4. The van der Waals surface area contributed by atoms with Crippen LogP contribution in [0.2, 0.25) is 0 Å². The Bertz CT molecular complexity index is 2020. The number of esters is 1. The van der Waals surface area contributed by atoms with Gasteiger partial charge in [-0.05, 0) is 69.3 Å². The van der Waals surface area contributed by atoms with E-state index in [-0.39, 0.29) is 23.5 Å². The summed E-state index contributed by atoms with van der Waals surface area (Å²) in [6.07, 6.45) is 17.5. The van der Waals surface area contributed by atoms with Gasteiger partial charge in [-0.15, -0.1) is 0 Å². The molecule has 5 rings (SSSR count). The lowest BCUT2D eigenvalue weighted by Gasteiger charge is -2.31. The number of nitrogens with one attached hydrogen (secondary N) is 1. The van der Waals surface area contributed by atoms with Crippen molar-refractivity contribution in [3.05, 3.63) is 99.3 Å². The fourth-order valence-electron chi connectivity index (χ4n) is 8.64. The summed E-state index contributed by atoms with van der Waals surface area (Å²) in [6.45, 7) is 16.2. The van der Waals surface area contributed by atoms with Gasteiger partial charge in [-0.3, -0.25) is 10.2 Å². The van der Waals surface area contributed by atoms with Gasteiger partial charge in [-0.25, -0.2) is 9.59 Å². The first kappa shape index (κ1) is 42.3. The van der Waals surface area contributed by atoms with Crippen LogP contribution >= 0.6 is 0 Å². The molecule has 298 valence electrons. The number of ketones is 1. The molecule has 8 nitrogen and oxygen atoms in total. The number of carbonyl (C=O) groups is 3. The molecule has 56 heavy (non-hydrogen) atoms. The van der Waals surface area contributed by atoms with Gasteiger partial charge in [0.15, 0.2) is 11.5 Å². The number of hydrogen-bond acceptors (Lipinski definition) is 6. The van der Waals surface area contributed by atoms with Gasteiger partial charge < -0.3 is 14.7 Å². The summed E-state index contributed by atoms with van der Waals surface area (Å²) in [5, 5.41) is 18.2. The van der Waals surface area contributed by atoms with E-state index >= 15 is 0 Å². The van der Waals surface area contributed by atoms with E-state index in [2.05, 4.69) is 81.2 Å². The van der Waals surface area contributed by atoms with Gasteiger partial charge in [0.25, 0.3) is 0 Å². The van der Waals surface area contributed by atoms with E-state index in [1.807, 2.05) is 18.2 Å². The van der Waals surface area contributed by atoms with Gasteiger partial charge in [0.1, 0.15) is 12.1 Å². The lowest BCUT2D eigenvalue weighted by atomic mass is 9.73.